The van der Waals surface area contributed by atoms with Crippen LogP contribution in [0.4, 0.5) is 4.39 Å². The number of pyridine rings is 1. The monoisotopic (exact) mass is 532 g/mol. The molecule has 11 heteroatoms. The van der Waals surface area contributed by atoms with Crippen molar-refractivity contribution in [3.05, 3.63) is 59.2 Å². The molecule has 3 rings (SSSR count). The lowest BCUT2D eigenvalue weighted by Gasteiger charge is -2.20. The van der Waals surface area contributed by atoms with Gasteiger partial charge in [0.05, 0.1) is 19.2 Å². The van der Waals surface area contributed by atoms with Gasteiger partial charge in [0, 0.05) is 24.4 Å². The Bertz CT molecular complexity index is 1410. The number of hydrogen-bond donors (Lipinski definition) is 2. The van der Waals surface area contributed by atoms with Crippen LogP contribution in [-0.4, -0.2) is 41.3 Å². The summed E-state index contributed by atoms with van der Waals surface area (Å²) >= 11 is 0. The molecule has 200 valence electrons. The molecular formula is C26H33FN4O5S. The van der Waals surface area contributed by atoms with Crippen LogP contribution < -0.4 is 9.46 Å². The Hall–Kier alpha value is -3.31. The minimum Gasteiger partial charge on any atom is -0.481 e. The van der Waals surface area contributed by atoms with E-state index in [1.807, 2.05) is 13.8 Å². The molecule has 0 aliphatic carbocycles. The van der Waals surface area contributed by atoms with E-state index in [4.69, 9.17) is 4.74 Å². The highest BCUT2D eigenvalue weighted by Gasteiger charge is 2.30. The lowest BCUT2D eigenvalue weighted by Crippen LogP contribution is -2.32. The zero-order valence-electron chi connectivity index (χ0n) is 22.0. The van der Waals surface area contributed by atoms with Crippen molar-refractivity contribution >= 4 is 15.9 Å². The predicted molar refractivity (Wildman–Crippen MR) is 137 cm³/mol. The van der Waals surface area contributed by atoms with Gasteiger partial charge in [-0.1, -0.05) is 13.8 Å². The third-order valence-electron chi connectivity index (χ3n) is 5.82. The molecule has 2 heterocycles. The van der Waals surface area contributed by atoms with Gasteiger partial charge < -0.3 is 9.84 Å². The maximum atomic E-state index is 14.6. The second kappa shape index (κ2) is 10.6. The Kier molecular flexibility index (Phi) is 8.09. The van der Waals surface area contributed by atoms with Gasteiger partial charge >= 0.3 is 0 Å². The highest BCUT2D eigenvalue weighted by Crippen LogP contribution is 2.33. The molecular weight excluding hydrogens is 499 g/mol. The Morgan fingerprint density at radius 3 is 2.41 bits per heavy atom. The molecule has 0 bridgehead atoms. The predicted octanol–water partition coefficient (Wildman–Crippen LogP) is 4.07. The van der Waals surface area contributed by atoms with E-state index in [1.165, 1.54) is 50.0 Å². The Morgan fingerprint density at radius 2 is 1.86 bits per heavy atom. The van der Waals surface area contributed by atoms with E-state index < -0.39 is 27.3 Å². The van der Waals surface area contributed by atoms with E-state index in [0.29, 0.717) is 33.8 Å². The van der Waals surface area contributed by atoms with Crippen LogP contribution in [0.2, 0.25) is 0 Å². The summed E-state index contributed by atoms with van der Waals surface area (Å²) in [6.07, 6.45) is 1.18. The van der Waals surface area contributed by atoms with E-state index in [2.05, 4.69) is 14.8 Å². The molecule has 0 aliphatic rings. The molecule has 2 aromatic heterocycles. The lowest BCUT2D eigenvalue weighted by atomic mass is 9.88. The first kappa shape index (κ1) is 28.3. The number of carbonyl (C=O) groups is 1. The fraction of sp³-hybridized carbons (Fsp3) is 0.423. The third-order valence-corrected chi connectivity index (χ3v) is 7.06. The summed E-state index contributed by atoms with van der Waals surface area (Å²) in [7, 11) is -2.89. The SMILES string of the molecule is COc1cc(-c2cc(F)cc(C(C)C)c2CC(=O)NS(=O)(=O)c2cc(C(C)(C)O)n(C(C)C)n2)ccn1. The minimum absolute atomic E-state index is 0.145. The van der Waals surface area contributed by atoms with Gasteiger partial charge in [0.2, 0.25) is 11.8 Å². The normalized spacial score (nSPS) is 12.3. The summed E-state index contributed by atoms with van der Waals surface area (Å²) in [6.45, 7) is 10.4. The van der Waals surface area contributed by atoms with Gasteiger partial charge in [0.1, 0.15) is 11.4 Å². The first-order chi connectivity index (χ1) is 17.1. The molecule has 0 saturated heterocycles. The number of carbonyl (C=O) groups excluding carboxylic acids is 1. The van der Waals surface area contributed by atoms with Crippen LogP contribution in [0.1, 0.15) is 70.3 Å². The molecule has 0 unspecified atom stereocenters. The maximum Gasteiger partial charge on any atom is 0.283 e. The van der Waals surface area contributed by atoms with Crippen LogP contribution in [0, 0.1) is 5.82 Å². The Labute approximate surface area is 216 Å². The Balaban J connectivity index is 2.01. The standard InChI is InChI=1S/C26H33FN4O5S/c1-15(2)19-11-18(27)12-20(17-8-9-28-24(10-17)36-7)21(19)13-23(32)30-37(34,35)25-14-22(26(5,6)33)31(29-25)16(3)4/h8-12,14-16,33H,13H2,1-7H3,(H,30,32). The van der Waals surface area contributed by atoms with Gasteiger partial charge in [-0.25, -0.2) is 14.1 Å². The van der Waals surface area contributed by atoms with Crippen molar-refractivity contribution in [3.63, 3.8) is 0 Å². The van der Waals surface area contributed by atoms with Crippen molar-refractivity contribution in [3.8, 4) is 17.0 Å². The minimum atomic E-state index is -4.35. The Morgan fingerprint density at radius 1 is 1.19 bits per heavy atom. The fourth-order valence-electron chi connectivity index (χ4n) is 4.07. The van der Waals surface area contributed by atoms with Gasteiger partial charge in [-0.2, -0.15) is 13.5 Å². The van der Waals surface area contributed by atoms with Crippen molar-refractivity contribution < 1.29 is 27.4 Å². The number of sulfonamides is 1. The van der Waals surface area contributed by atoms with Crippen LogP contribution in [0.3, 0.4) is 0 Å². The third kappa shape index (κ3) is 6.34. The zero-order chi connectivity index (χ0) is 27.7. The van der Waals surface area contributed by atoms with Crippen molar-refractivity contribution in [2.75, 3.05) is 7.11 Å². The molecule has 1 amide bonds. The van der Waals surface area contributed by atoms with Gasteiger partial charge in [-0.05, 0) is 74.1 Å². The van der Waals surface area contributed by atoms with E-state index in [9.17, 15) is 22.7 Å². The fourth-order valence-corrected chi connectivity index (χ4v) is 5.01. The van der Waals surface area contributed by atoms with Crippen molar-refractivity contribution in [1.29, 1.82) is 0 Å². The van der Waals surface area contributed by atoms with Crippen LogP contribution >= 0.6 is 0 Å². The number of methoxy groups -OCH3 is 1. The molecule has 2 N–H and O–H groups in total. The summed E-state index contributed by atoms with van der Waals surface area (Å²) < 4.78 is 49.4. The molecule has 37 heavy (non-hydrogen) atoms. The molecule has 0 saturated carbocycles. The molecule has 1 aromatic carbocycles. The molecule has 0 atom stereocenters. The number of rotatable bonds is 9. The quantitative estimate of drug-likeness (QED) is 0.426. The molecule has 0 aliphatic heterocycles. The van der Waals surface area contributed by atoms with Crippen LogP contribution in [0.25, 0.3) is 11.1 Å². The molecule has 0 fully saturated rings. The summed E-state index contributed by atoms with van der Waals surface area (Å²) in [4.78, 5) is 17.2. The molecule has 0 radical (unpaired) electrons. The van der Waals surface area contributed by atoms with E-state index in [1.54, 1.807) is 26.0 Å². The maximum absolute atomic E-state index is 14.6. The van der Waals surface area contributed by atoms with Crippen LogP contribution in [0.15, 0.2) is 41.6 Å². The number of halogens is 1. The number of aromatic nitrogens is 3. The average molecular weight is 533 g/mol. The largest absolute Gasteiger partial charge is 0.481 e. The van der Waals surface area contributed by atoms with Crippen molar-refractivity contribution in [2.45, 2.75) is 70.6 Å². The van der Waals surface area contributed by atoms with Crippen LogP contribution in [0.5, 0.6) is 5.88 Å². The van der Waals surface area contributed by atoms with E-state index in [-0.39, 0.29) is 23.4 Å². The molecule has 3 aromatic rings. The topological polar surface area (TPSA) is 123 Å². The second-order valence-electron chi connectivity index (χ2n) is 9.93. The number of amides is 1. The smallest absolute Gasteiger partial charge is 0.283 e. The first-order valence-corrected chi connectivity index (χ1v) is 13.3. The average Bonchev–Trinajstić information content (AvgIpc) is 3.27. The first-order valence-electron chi connectivity index (χ1n) is 11.8. The van der Waals surface area contributed by atoms with Crippen molar-refractivity contribution in [2.24, 2.45) is 0 Å². The number of nitrogens with zero attached hydrogens (tertiary/aromatic N) is 3. The number of nitrogens with one attached hydrogen (secondary N) is 1. The lowest BCUT2D eigenvalue weighted by molar-refractivity contribution is -0.118. The summed E-state index contributed by atoms with van der Waals surface area (Å²) in [5, 5.41) is 14.2. The van der Waals surface area contributed by atoms with Gasteiger partial charge in [-0.3, -0.25) is 9.48 Å². The summed E-state index contributed by atoms with van der Waals surface area (Å²) in [6, 6.07) is 6.96. The van der Waals surface area contributed by atoms with Gasteiger partial charge in [0.15, 0.2) is 5.03 Å². The zero-order valence-corrected chi connectivity index (χ0v) is 22.9. The molecule has 9 nitrogen and oxygen atoms in total. The van der Waals surface area contributed by atoms with E-state index >= 15 is 0 Å². The highest BCUT2D eigenvalue weighted by atomic mass is 32.2. The van der Waals surface area contributed by atoms with Crippen molar-refractivity contribution in [1.82, 2.24) is 19.5 Å². The number of ether oxygens (including phenoxy) is 1. The van der Waals surface area contributed by atoms with Gasteiger partial charge in [-0.15, -0.1) is 0 Å². The second-order valence-corrected chi connectivity index (χ2v) is 11.6. The summed E-state index contributed by atoms with van der Waals surface area (Å²) in [5.41, 5.74) is 1.02. The number of aliphatic hydroxyl groups is 1. The van der Waals surface area contributed by atoms with Gasteiger partial charge in [0.25, 0.3) is 10.0 Å². The number of hydrogen-bond acceptors (Lipinski definition) is 7. The van der Waals surface area contributed by atoms with Crippen LogP contribution in [-0.2, 0) is 26.8 Å². The van der Waals surface area contributed by atoms with E-state index in [0.717, 1.165) is 0 Å². The highest BCUT2D eigenvalue weighted by molar-refractivity contribution is 7.90. The summed E-state index contributed by atoms with van der Waals surface area (Å²) in [5.74, 6) is -1.12. The number of benzene rings is 1. The molecule has 0 spiro atoms.